The van der Waals surface area contributed by atoms with E-state index in [1.807, 2.05) is 21.5 Å². The maximum atomic E-state index is 13.1. The highest BCUT2D eigenvalue weighted by Gasteiger charge is 2.24. The average Bonchev–Trinajstić information content (AvgIpc) is 3.15. The fourth-order valence-corrected chi connectivity index (χ4v) is 3.61. The fraction of sp³-hybridized carbons (Fsp3) is 0.381. The molecule has 3 heterocycles. The molecule has 0 N–H and O–H groups in total. The van der Waals surface area contributed by atoms with Crippen molar-refractivity contribution in [1.29, 1.82) is 0 Å². The van der Waals surface area contributed by atoms with E-state index >= 15 is 0 Å². The number of aromatic nitrogens is 3. The van der Waals surface area contributed by atoms with Gasteiger partial charge in [0.1, 0.15) is 5.69 Å². The lowest BCUT2D eigenvalue weighted by molar-refractivity contribution is 0.0741. The zero-order chi connectivity index (χ0) is 19.0. The second kappa shape index (κ2) is 7.02. The van der Waals surface area contributed by atoms with E-state index in [1.165, 1.54) is 11.3 Å². The molecule has 3 aromatic rings. The first-order valence-corrected chi connectivity index (χ1v) is 9.48. The van der Waals surface area contributed by atoms with Crippen molar-refractivity contribution in [3.05, 3.63) is 59.5 Å². The molecule has 1 aromatic carbocycles. The molecule has 140 valence electrons. The lowest BCUT2D eigenvalue weighted by Crippen LogP contribution is -2.49. The lowest BCUT2D eigenvalue weighted by atomic mass is 10.1. The van der Waals surface area contributed by atoms with Crippen molar-refractivity contribution in [1.82, 2.24) is 19.5 Å². The van der Waals surface area contributed by atoms with Gasteiger partial charge in [0.25, 0.3) is 5.91 Å². The summed E-state index contributed by atoms with van der Waals surface area (Å²) in [6.07, 6.45) is 1.73. The largest absolute Gasteiger partial charge is 0.368 e. The van der Waals surface area contributed by atoms with E-state index in [0.29, 0.717) is 18.8 Å². The van der Waals surface area contributed by atoms with Crippen LogP contribution in [0.3, 0.4) is 0 Å². The van der Waals surface area contributed by atoms with E-state index in [9.17, 15) is 4.79 Å². The summed E-state index contributed by atoms with van der Waals surface area (Å²) in [5.74, 6) is 0.268. The van der Waals surface area contributed by atoms with Gasteiger partial charge in [0.15, 0.2) is 5.65 Å². The van der Waals surface area contributed by atoms with Crippen LogP contribution in [0.2, 0.25) is 0 Å². The molecule has 27 heavy (non-hydrogen) atoms. The summed E-state index contributed by atoms with van der Waals surface area (Å²) in [6, 6.07) is 12.3. The maximum Gasteiger partial charge on any atom is 0.272 e. The number of nitrogens with zero attached hydrogens (tertiary/aromatic N) is 5. The lowest BCUT2D eigenvalue weighted by Gasteiger charge is -2.36. The zero-order valence-electron chi connectivity index (χ0n) is 16.1. The third-order valence-electron chi connectivity index (χ3n) is 5.13. The number of anilines is 1. The van der Waals surface area contributed by atoms with Gasteiger partial charge in [-0.3, -0.25) is 4.79 Å². The molecule has 2 aromatic heterocycles. The minimum Gasteiger partial charge on any atom is -0.368 e. The van der Waals surface area contributed by atoms with Crippen molar-refractivity contribution in [2.45, 2.75) is 26.7 Å². The van der Waals surface area contributed by atoms with Gasteiger partial charge in [0.05, 0.1) is 6.20 Å². The SMILES string of the molecule is Cc1cccc(N2CCN(C(=O)c3cc(C(C)C)n4nccc4n3)CC2)c1. The zero-order valence-corrected chi connectivity index (χ0v) is 16.1. The summed E-state index contributed by atoms with van der Waals surface area (Å²) in [5.41, 5.74) is 4.72. The number of amides is 1. The first-order chi connectivity index (χ1) is 13.0. The molecule has 0 unspecified atom stereocenters. The second-order valence-corrected chi connectivity index (χ2v) is 7.44. The Kier molecular flexibility index (Phi) is 4.56. The summed E-state index contributed by atoms with van der Waals surface area (Å²) in [6.45, 7) is 9.39. The van der Waals surface area contributed by atoms with Crippen LogP contribution in [-0.4, -0.2) is 51.6 Å². The van der Waals surface area contributed by atoms with Crippen LogP contribution in [0.15, 0.2) is 42.6 Å². The minimum absolute atomic E-state index is 0.00416. The topological polar surface area (TPSA) is 53.7 Å². The summed E-state index contributed by atoms with van der Waals surface area (Å²) in [7, 11) is 0. The monoisotopic (exact) mass is 363 g/mol. The van der Waals surface area contributed by atoms with Gasteiger partial charge >= 0.3 is 0 Å². The van der Waals surface area contributed by atoms with E-state index in [-0.39, 0.29) is 11.8 Å². The van der Waals surface area contributed by atoms with Crippen LogP contribution in [-0.2, 0) is 0 Å². The number of fused-ring (bicyclic) bond motifs is 1. The number of piperazine rings is 1. The van der Waals surface area contributed by atoms with Gasteiger partial charge < -0.3 is 9.80 Å². The van der Waals surface area contributed by atoms with Gasteiger partial charge in [0.2, 0.25) is 0 Å². The van der Waals surface area contributed by atoms with Crippen LogP contribution in [0.25, 0.3) is 5.65 Å². The second-order valence-electron chi connectivity index (χ2n) is 7.44. The first-order valence-electron chi connectivity index (χ1n) is 9.48. The Balaban J connectivity index is 1.52. The van der Waals surface area contributed by atoms with E-state index < -0.39 is 0 Å². The third-order valence-corrected chi connectivity index (χ3v) is 5.13. The van der Waals surface area contributed by atoms with Gasteiger partial charge in [0, 0.05) is 43.6 Å². The summed E-state index contributed by atoms with van der Waals surface area (Å²) < 4.78 is 1.82. The quantitative estimate of drug-likeness (QED) is 0.717. The Morgan fingerprint density at radius 2 is 1.85 bits per heavy atom. The van der Waals surface area contributed by atoms with Crippen molar-refractivity contribution < 1.29 is 4.79 Å². The Morgan fingerprint density at radius 3 is 2.56 bits per heavy atom. The Labute approximate surface area is 159 Å². The van der Waals surface area contributed by atoms with Crippen LogP contribution < -0.4 is 4.90 Å². The molecule has 0 radical (unpaired) electrons. The standard InChI is InChI=1S/C21H25N5O/c1-15(2)19-14-18(23-20-7-8-22-26(19)20)21(27)25-11-9-24(10-12-25)17-6-4-5-16(3)13-17/h4-8,13-15H,9-12H2,1-3H3. The molecule has 6 heteroatoms. The number of benzene rings is 1. The van der Waals surface area contributed by atoms with Gasteiger partial charge in [-0.05, 0) is 36.6 Å². The molecule has 0 bridgehead atoms. The number of carbonyl (C=O) groups is 1. The molecule has 1 aliphatic rings. The van der Waals surface area contributed by atoms with Gasteiger partial charge in [-0.2, -0.15) is 5.10 Å². The Morgan fingerprint density at radius 1 is 1.07 bits per heavy atom. The summed E-state index contributed by atoms with van der Waals surface area (Å²) in [4.78, 5) is 21.8. The van der Waals surface area contributed by atoms with Crippen LogP contribution in [0.4, 0.5) is 5.69 Å². The van der Waals surface area contributed by atoms with E-state index in [2.05, 4.69) is 60.0 Å². The van der Waals surface area contributed by atoms with Crippen LogP contribution in [0, 0.1) is 6.92 Å². The Bertz CT molecular complexity index is 970. The number of aryl methyl sites for hydroxylation is 1. The summed E-state index contributed by atoms with van der Waals surface area (Å²) in [5, 5.41) is 4.33. The predicted octanol–water partition coefficient (Wildman–Crippen LogP) is 3.12. The number of carbonyl (C=O) groups excluding carboxylic acids is 1. The van der Waals surface area contributed by atoms with E-state index in [0.717, 1.165) is 24.4 Å². The average molecular weight is 363 g/mol. The van der Waals surface area contributed by atoms with E-state index in [1.54, 1.807) is 6.20 Å². The molecular formula is C21H25N5O. The molecule has 1 saturated heterocycles. The molecular weight excluding hydrogens is 338 g/mol. The Hall–Kier alpha value is -2.89. The molecule has 0 aliphatic carbocycles. The molecule has 1 fully saturated rings. The van der Waals surface area contributed by atoms with Crippen molar-refractivity contribution in [2.75, 3.05) is 31.1 Å². The van der Waals surface area contributed by atoms with Gasteiger partial charge in [-0.1, -0.05) is 26.0 Å². The molecule has 0 spiro atoms. The molecule has 0 atom stereocenters. The predicted molar refractivity (Wildman–Crippen MR) is 106 cm³/mol. The van der Waals surface area contributed by atoms with Gasteiger partial charge in [-0.15, -0.1) is 0 Å². The first kappa shape index (κ1) is 17.5. The number of hydrogen-bond donors (Lipinski definition) is 0. The van der Waals surface area contributed by atoms with Crippen LogP contribution >= 0.6 is 0 Å². The normalized spacial score (nSPS) is 15.0. The molecule has 1 amide bonds. The molecule has 4 rings (SSSR count). The fourth-order valence-electron chi connectivity index (χ4n) is 3.61. The smallest absolute Gasteiger partial charge is 0.272 e. The molecule has 0 saturated carbocycles. The van der Waals surface area contributed by atoms with E-state index in [4.69, 9.17) is 0 Å². The summed E-state index contributed by atoms with van der Waals surface area (Å²) >= 11 is 0. The highest BCUT2D eigenvalue weighted by molar-refractivity contribution is 5.93. The minimum atomic E-state index is 0.00416. The number of rotatable bonds is 3. The van der Waals surface area contributed by atoms with Crippen molar-refractivity contribution >= 4 is 17.2 Å². The highest BCUT2D eigenvalue weighted by Crippen LogP contribution is 2.20. The molecule has 6 nitrogen and oxygen atoms in total. The number of hydrogen-bond acceptors (Lipinski definition) is 4. The van der Waals surface area contributed by atoms with Crippen molar-refractivity contribution in [3.63, 3.8) is 0 Å². The van der Waals surface area contributed by atoms with Crippen molar-refractivity contribution in [2.24, 2.45) is 0 Å². The third kappa shape index (κ3) is 3.39. The van der Waals surface area contributed by atoms with Gasteiger partial charge in [-0.25, -0.2) is 9.50 Å². The van der Waals surface area contributed by atoms with Crippen LogP contribution in [0.5, 0.6) is 0 Å². The maximum absolute atomic E-state index is 13.1. The molecule has 1 aliphatic heterocycles. The highest BCUT2D eigenvalue weighted by atomic mass is 16.2. The van der Waals surface area contributed by atoms with Crippen molar-refractivity contribution in [3.8, 4) is 0 Å². The van der Waals surface area contributed by atoms with Crippen LogP contribution in [0.1, 0.15) is 41.5 Å².